The standard InChI is InChI=1S/C26H32N8O2/c1-16-9-24(33-32-16)30-25-22-6-5-21(36-15-17-13-35-14-17)12-23(22)29-26(31-25)28-18-10-19-3-4-20(11-18)34(19)8-2-7-27/h5-6,9,12,17-20H,2-4,8,10-11,13-15H2,1H3,(H3,28,29,30,31,32,33)/t18-,19-,20+. The quantitative estimate of drug-likeness (QED) is 0.413. The summed E-state index contributed by atoms with van der Waals surface area (Å²) in [6.45, 7) is 5.01. The van der Waals surface area contributed by atoms with Crippen LogP contribution < -0.4 is 15.4 Å². The number of fused-ring (bicyclic) bond motifs is 3. The minimum Gasteiger partial charge on any atom is -0.493 e. The predicted octanol–water partition coefficient (Wildman–Crippen LogP) is 3.75. The zero-order valence-corrected chi connectivity index (χ0v) is 20.5. The molecule has 3 aromatic rings. The SMILES string of the molecule is Cc1cc(Nc2nc(N[C@@H]3C[C@H]4CC[C@@H](C3)N4CCC#N)nc3cc(OCC4COC4)ccc23)n[nH]1. The maximum atomic E-state index is 9.02. The van der Waals surface area contributed by atoms with E-state index in [2.05, 4.69) is 31.8 Å². The van der Waals surface area contributed by atoms with Crippen molar-refractivity contribution in [1.29, 1.82) is 5.26 Å². The van der Waals surface area contributed by atoms with E-state index in [1.54, 1.807) is 0 Å². The molecule has 0 aliphatic carbocycles. The van der Waals surface area contributed by atoms with Gasteiger partial charge in [-0.05, 0) is 44.7 Å². The molecule has 36 heavy (non-hydrogen) atoms. The van der Waals surface area contributed by atoms with Gasteiger partial charge in [-0.15, -0.1) is 0 Å². The number of benzene rings is 1. The van der Waals surface area contributed by atoms with Gasteiger partial charge < -0.3 is 20.1 Å². The van der Waals surface area contributed by atoms with Crippen LogP contribution in [0.4, 0.5) is 17.6 Å². The lowest BCUT2D eigenvalue weighted by atomic mass is 9.97. The number of anilines is 3. The summed E-state index contributed by atoms with van der Waals surface area (Å²) in [5.74, 6) is 3.29. The molecule has 3 N–H and O–H groups in total. The lowest BCUT2D eigenvalue weighted by molar-refractivity contribution is -0.0508. The molecule has 188 valence electrons. The molecular formula is C26H32N8O2. The molecule has 0 spiro atoms. The molecule has 3 fully saturated rings. The van der Waals surface area contributed by atoms with Crippen molar-refractivity contribution in [2.75, 3.05) is 37.0 Å². The van der Waals surface area contributed by atoms with Crippen molar-refractivity contribution < 1.29 is 9.47 Å². The predicted molar refractivity (Wildman–Crippen MR) is 136 cm³/mol. The van der Waals surface area contributed by atoms with E-state index in [0.29, 0.717) is 54.7 Å². The Kier molecular flexibility index (Phi) is 6.34. The average Bonchev–Trinajstić information content (AvgIpc) is 3.35. The van der Waals surface area contributed by atoms with E-state index in [1.807, 2.05) is 31.2 Å². The van der Waals surface area contributed by atoms with E-state index in [-0.39, 0.29) is 0 Å². The second-order valence-electron chi connectivity index (χ2n) is 10.2. The van der Waals surface area contributed by atoms with E-state index in [4.69, 9.17) is 24.7 Å². The summed E-state index contributed by atoms with van der Waals surface area (Å²) in [6, 6.07) is 11.5. The summed E-state index contributed by atoms with van der Waals surface area (Å²) in [4.78, 5) is 12.3. The van der Waals surface area contributed by atoms with Gasteiger partial charge in [-0.25, -0.2) is 4.98 Å². The molecule has 3 aliphatic rings. The van der Waals surface area contributed by atoms with Crippen LogP contribution in [0.5, 0.6) is 5.75 Å². The summed E-state index contributed by atoms with van der Waals surface area (Å²) in [6.07, 6.45) is 5.07. The third-order valence-corrected chi connectivity index (χ3v) is 7.51. The Morgan fingerprint density at radius 3 is 2.72 bits per heavy atom. The molecule has 0 unspecified atom stereocenters. The Bertz CT molecular complexity index is 1250. The highest BCUT2D eigenvalue weighted by Gasteiger charge is 2.40. The molecule has 0 saturated carbocycles. The van der Waals surface area contributed by atoms with Gasteiger partial charge in [0.25, 0.3) is 0 Å². The van der Waals surface area contributed by atoms with Crippen molar-refractivity contribution >= 4 is 28.5 Å². The zero-order chi connectivity index (χ0) is 24.5. The van der Waals surface area contributed by atoms with Crippen LogP contribution in [-0.4, -0.2) is 69.6 Å². The number of hydrogen-bond donors (Lipinski definition) is 3. The van der Waals surface area contributed by atoms with Gasteiger partial charge in [0.1, 0.15) is 11.6 Å². The highest BCUT2D eigenvalue weighted by atomic mass is 16.5. The summed E-state index contributed by atoms with van der Waals surface area (Å²) >= 11 is 0. The molecule has 6 rings (SSSR count). The number of ether oxygens (including phenoxy) is 2. The van der Waals surface area contributed by atoms with Crippen molar-refractivity contribution in [2.24, 2.45) is 5.92 Å². The van der Waals surface area contributed by atoms with Gasteiger partial charge in [0, 0.05) is 60.2 Å². The molecule has 10 heteroatoms. The largest absolute Gasteiger partial charge is 0.493 e. The molecule has 3 saturated heterocycles. The number of nitriles is 1. The molecule has 0 amide bonds. The van der Waals surface area contributed by atoms with E-state index < -0.39 is 0 Å². The molecule has 2 bridgehead atoms. The monoisotopic (exact) mass is 488 g/mol. The minimum absolute atomic E-state index is 0.303. The fourth-order valence-electron chi connectivity index (χ4n) is 5.68. The molecule has 3 aliphatic heterocycles. The zero-order valence-electron chi connectivity index (χ0n) is 20.5. The summed E-state index contributed by atoms with van der Waals surface area (Å²) in [7, 11) is 0. The molecule has 0 radical (unpaired) electrons. The molecule has 5 heterocycles. The maximum absolute atomic E-state index is 9.02. The third kappa shape index (κ3) is 4.81. The molecule has 1 aromatic carbocycles. The van der Waals surface area contributed by atoms with E-state index in [0.717, 1.165) is 54.9 Å². The number of aromatic amines is 1. The normalized spacial score (nSPS) is 23.8. The first-order valence-corrected chi connectivity index (χ1v) is 12.8. The van der Waals surface area contributed by atoms with Gasteiger partial charge in [0.15, 0.2) is 5.82 Å². The summed E-state index contributed by atoms with van der Waals surface area (Å²) in [5.41, 5.74) is 1.79. The fourth-order valence-corrected chi connectivity index (χ4v) is 5.68. The van der Waals surface area contributed by atoms with Gasteiger partial charge in [0.2, 0.25) is 5.95 Å². The lowest BCUT2D eigenvalue weighted by Gasteiger charge is -2.38. The van der Waals surface area contributed by atoms with E-state index >= 15 is 0 Å². The Hall–Kier alpha value is -3.42. The van der Waals surface area contributed by atoms with Crippen molar-refractivity contribution in [3.8, 4) is 11.8 Å². The molecule has 10 nitrogen and oxygen atoms in total. The van der Waals surface area contributed by atoms with Crippen LogP contribution in [0.2, 0.25) is 0 Å². The average molecular weight is 489 g/mol. The van der Waals surface area contributed by atoms with Gasteiger partial charge in [-0.1, -0.05) is 0 Å². The van der Waals surface area contributed by atoms with Crippen LogP contribution in [0.15, 0.2) is 24.3 Å². The summed E-state index contributed by atoms with van der Waals surface area (Å²) < 4.78 is 11.3. The number of aromatic nitrogens is 4. The second-order valence-corrected chi connectivity index (χ2v) is 10.2. The van der Waals surface area contributed by atoms with Gasteiger partial charge in [0.05, 0.1) is 31.4 Å². The van der Waals surface area contributed by atoms with Crippen LogP contribution in [0.25, 0.3) is 10.9 Å². The molecule has 2 aromatic heterocycles. The summed E-state index contributed by atoms with van der Waals surface area (Å²) in [5, 5.41) is 24.2. The highest BCUT2D eigenvalue weighted by Crippen LogP contribution is 2.37. The highest BCUT2D eigenvalue weighted by molar-refractivity contribution is 5.92. The van der Waals surface area contributed by atoms with Crippen molar-refractivity contribution in [2.45, 2.75) is 57.2 Å². The Morgan fingerprint density at radius 2 is 2.03 bits per heavy atom. The van der Waals surface area contributed by atoms with Gasteiger partial charge in [-0.3, -0.25) is 10.00 Å². The third-order valence-electron chi connectivity index (χ3n) is 7.51. The Morgan fingerprint density at radius 1 is 1.19 bits per heavy atom. The minimum atomic E-state index is 0.303. The number of piperidine rings is 1. The van der Waals surface area contributed by atoms with Crippen LogP contribution in [0.1, 0.15) is 37.8 Å². The number of hydrogen-bond acceptors (Lipinski definition) is 9. The first kappa shape index (κ1) is 23.0. The maximum Gasteiger partial charge on any atom is 0.225 e. The topological polar surface area (TPSA) is 124 Å². The lowest BCUT2D eigenvalue weighted by Crippen LogP contribution is -2.47. The number of nitrogens with zero attached hydrogens (tertiary/aromatic N) is 5. The Balaban J connectivity index is 1.24. The number of H-pyrrole nitrogens is 1. The number of aryl methyl sites for hydroxylation is 1. The Labute approximate surface area is 210 Å². The smallest absolute Gasteiger partial charge is 0.225 e. The first-order chi connectivity index (χ1) is 17.6. The van der Waals surface area contributed by atoms with Gasteiger partial charge >= 0.3 is 0 Å². The molecular weight excluding hydrogens is 456 g/mol. The van der Waals surface area contributed by atoms with Crippen molar-refractivity contribution in [3.05, 3.63) is 30.0 Å². The van der Waals surface area contributed by atoms with Crippen LogP contribution in [0.3, 0.4) is 0 Å². The van der Waals surface area contributed by atoms with E-state index in [1.165, 1.54) is 12.8 Å². The number of rotatable bonds is 9. The molecule has 3 atom stereocenters. The second kappa shape index (κ2) is 9.91. The van der Waals surface area contributed by atoms with Crippen molar-refractivity contribution in [1.82, 2.24) is 25.1 Å². The van der Waals surface area contributed by atoms with Crippen LogP contribution >= 0.6 is 0 Å². The number of nitrogens with one attached hydrogen (secondary N) is 3. The van der Waals surface area contributed by atoms with Crippen LogP contribution in [-0.2, 0) is 4.74 Å². The van der Waals surface area contributed by atoms with E-state index in [9.17, 15) is 0 Å². The van der Waals surface area contributed by atoms with Gasteiger partial charge in [-0.2, -0.15) is 15.3 Å². The van der Waals surface area contributed by atoms with Crippen LogP contribution in [0, 0.1) is 24.2 Å². The first-order valence-electron chi connectivity index (χ1n) is 12.8. The van der Waals surface area contributed by atoms with Crippen molar-refractivity contribution in [3.63, 3.8) is 0 Å². The fraction of sp³-hybridized carbons (Fsp3) is 0.538.